The van der Waals surface area contributed by atoms with Crippen LogP contribution in [0.25, 0.3) is 11.0 Å². The number of rotatable bonds is 4. The maximum absolute atomic E-state index is 12.2. The normalized spacial score (nSPS) is 10.9. The van der Waals surface area contributed by atoms with Gasteiger partial charge in [0.2, 0.25) is 5.91 Å². The van der Waals surface area contributed by atoms with Crippen LogP contribution in [-0.2, 0) is 11.2 Å². The standard InChI is InChI=1S/C16H15N3O3S/c1-8-4-5-13-11(6-8)12(19-22-13)7-14(21)18-16-17-9(2)15(23-16)10(3)20/h4-6H,7H2,1-3H3,(H,17,18,21). The molecule has 0 atom stereocenters. The van der Waals surface area contributed by atoms with Gasteiger partial charge < -0.3 is 9.84 Å². The van der Waals surface area contributed by atoms with Crippen LogP contribution >= 0.6 is 11.3 Å². The lowest BCUT2D eigenvalue weighted by Crippen LogP contribution is -2.14. The van der Waals surface area contributed by atoms with Gasteiger partial charge in [0.25, 0.3) is 0 Å². The number of carbonyl (C=O) groups excluding carboxylic acids is 2. The second-order valence-electron chi connectivity index (χ2n) is 5.34. The maximum atomic E-state index is 12.2. The minimum absolute atomic E-state index is 0.0570. The Morgan fingerprint density at radius 1 is 1.30 bits per heavy atom. The summed E-state index contributed by atoms with van der Waals surface area (Å²) >= 11 is 1.18. The van der Waals surface area contributed by atoms with E-state index >= 15 is 0 Å². The minimum Gasteiger partial charge on any atom is -0.356 e. The lowest BCUT2D eigenvalue weighted by Gasteiger charge is -1.99. The SMILES string of the molecule is CC(=O)c1sc(NC(=O)Cc2noc3ccc(C)cc23)nc1C. The molecule has 0 saturated carbocycles. The van der Waals surface area contributed by atoms with Gasteiger partial charge in [0.05, 0.1) is 17.0 Å². The van der Waals surface area contributed by atoms with Gasteiger partial charge in [-0.15, -0.1) is 0 Å². The van der Waals surface area contributed by atoms with Crippen molar-refractivity contribution < 1.29 is 14.1 Å². The van der Waals surface area contributed by atoms with Gasteiger partial charge in [0, 0.05) is 12.3 Å². The van der Waals surface area contributed by atoms with E-state index in [4.69, 9.17) is 4.52 Å². The van der Waals surface area contributed by atoms with Gasteiger partial charge in [-0.2, -0.15) is 0 Å². The van der Waals surface area contributed by atoms with E-state index in [1.165, 1.54) is 18.3 Å². The van der Waals surface area contributed by atoms with E-state index in [9.17, 15) is 9.59 Å². The Balaban J connectivity index is 1.77. The predicted molar refractivity (Wildman–Crippen MR) is 87.9 cm³/mol. The molecule has 0 aliphatic heterocycles. The van der Waals surface area contributed by atoms with E-state index in [0.29, 0.717) is 27.0 Å². The third-order valence-electron chi connectivity index (χ3n) is 3.39. The molecule has 2 heterocycles. The second kappa shape index (κ2) is 5.92. The Kier molecular flexibility index (Phi) is 3.96. The number of carbonyl (C=O) groups is 2. The number of benzene rings is 1. The number of hydrogen-bond acceptors (Lipinski definition) is 6. The number of ketones is 1. The largest absolute Gasteiger partial charge is 0.356 e. The van der Waals surface area contributed by atoms with Crippen molar-refractivity contribution in [1.82, 2.24) is 10.1 Å². The van der Waals surface area contributed by atoms with Crippen LogP contribution in [0.5, 0.6) is 0 Å². The molecule has 0 unspecified atom stereocenters. The zero-order chi connectivity index (χ0) is 16.6. The summed E-state index contributed by atoms with van der Waals surface area (Å²) < 4.78 is 5.22. The zero-order valence-corrected chi connectivity index (χ0v) is 13.8. The summed E-state index contributed by atoms with van der Waals surface area (Å²) in [6.07, 6.45) is 0.0878. The molecule has 1 amide bonds. The average molecular weight is 329 g/mol. The van der Waals surface area contributed by atoms with Crippen LogP contribution < -0.4 is 5.32 Å². The first-order chi connectivity index (χ1) is 10.9. The Morgan fingerprint density at radius 3 is 2.78 bits per heavy atom. The van der Waals surface area contributed by atoms with Crippen molar-refractivity contribution >= 4 is 39.1 Å². The van der Waals surface area contributed by atoms with E-state index in [2.05, 4.69) is 15.5 Å². The van der Waals surface area contributed by atoms with Crippen LogP contribution in [0.4, 0.5) is 5.13 Å². The van der Waals surface area contributed by atoms with Crippen molar-refractivity contribution in [2.24, 2.45) is 0 Å². The van der Waals surface area contributed by atoms with E-state index in [-0.39, 0.29) is 18.1 Å². The van der Waals surface area contributed by atoms with Crippen molar-refractivity contribution in [3.05, 3.63) is 40.0 Å². The summed E-state index contributed by atoms with van der Waals surface area (Å²) in [4.78, 5) is 28.4. The fourth-order valence-corrected chi connectivity index (χ4v) is 3.20. The highest BCUT2D eigenvalue weighted by molar-refractivity contribution is 7.17. The van der Waals surface area contributed by atoms with E-state index in [1.807, 2.05) is 25.1 Å². The first-order valence-electron chi connectivity index (χ1n) is 7.07. The molecule has 2 aromatic heterocycles. The topological polar surface area (TPSA) is 85.1 Å². The summed E-state index contributed by atoms with van der Waals surface area (Å²) in [7, 11) is 0. The first-order valence-corrected chi connectivity index (χ1v) is 7.89. The predicted octanol–water partition coefficient (Wildman–Crippen LogP) is 3.28. The van der Waals surface area contributed by atoms with E-state index in [0.717, 1.165) is 10.9 Å². The molecule has 0 aliphatic carbocycles. The van der Waals surface area contributed by atoms with Crippen LogP contribution in [0.3, 0.4) is 0 Å². The number of nitrogens with zero attached hydrogens (tertiary/aromatic N) is 2. The number of fused-ring (bicyclic) bond motifs is 1. The van der Waals surface area contributed by atoms with Gasteiger partial charge in [0.15, 0.2) is 16.5 Å². The highest BCUT2D eigenvalue weighted by Crippen LogP contribution is 2.24. The van der Waals surface area contributed by atoms with E-state index in [1.54, 1.807) is 6.92 Å². The molecule has 118 valence electrons. The minimum atomic E-state index is -0.245. The van der Waals surface area contributed by atoms with Crippen LogP contribution in [0, 0.1) is 13.8 Å². The first kappa shape index (κ1) is 15.4. The maximum Gasteiger partial charge on any atom is 0.232 e. The lowest BCUT2D eigenvalue weighted by molar-refractivity contribution is -0.115. The smallest absolute Gasteiger partial charge is 0.232 e. The molecule has 0 aliphatic rings. The van der Waals surface area contributed by atoms with Gasteiger partial charge >= 0.3 is 0 Å². The highest BCUT2D eigenvalue weighted by Gasteiger charge is 2.16. The van der Waals surface area contributed by atoms with Crippen molar-refractivity contribution in [2.75, 3.05) is 5.32 Å². The summed E-state index contributed by atoms with van der Waals surface area (Å²) in [5.41, 5.74) is 2.94. The molecule has 6 nitrogen and oxygen atoms in total. The molecule has 3 rings (SSSR count). The average Bonchev–Trinajstić information content (AvgIpc) is 3.03. The van der Waals surface area contributed by atoms with Crippen LogP contribution in [0.2, 0.25) is 0 Å². The summed E-state index contributed by atoms with van der Waals surface area (Å²) in [6, 6.07) is 5.71. The van der Waals surface area contributed by atoms with Gasteiger partial charge in [-0.3, -0.25) is 9.59 Å². The van der Waals surface area contributed by atoms with Crippen LogP contribution in [0.15, 0.2) is 22.7 Å². The quantitative estimate of drug-likeness (QED) is 0.742. The second-order valence-corrected chi connectivity index (χ2v) is 6.34. The number of anilines is 1. The Labute approximate surface area is 136 Å². The summed E-state index contributed by atoms with van der Waals surface area (Å²) in [5.74, 6) is -0.302. The molecule has 23 heavy (non-hydrogen) atoms. The molecular formula is C16H15N3O3S. The molecule has 1 N–H and O–H groups in total. The Hall–Kier alpha value is -2.54. The van der Waals surface area contributed by atoms with Gasteiger partial charge in [-0.05, 0) is 26.0 Å². The molecule has 0 bridgehead atoms. The number of Topliss-reactive ketones (excluding diaryl/α,β-unsaturated/α-hetero) is 1. The highest BCUT2D eigenvalue weighted by atomic mass is 32.1. The number of hydrogen-bond donors (Lipinski definition) is 1. The van der Waals surface area contributed by atoms with Gasteiger partial charge in [-0.1, -0.05) is 28.1 Å². The third kappa shape index (κ3) is 3.14. The van der Waals surface area contributed by atoms with Crippen molar-refractivity contribution in [3.63, 3.8) is 0 Å². The Bertz CT molecular complexity index is 911. The number of aromatic nitrogens is 2. The van der Waals surface area contributed by atoms with Gasteiger partial charge in [-0.25, -0.2) is 4.98 Å². The number of amides is 1. The monoisotopic (exact) mass is 329 g/mol. The summed E-state index contributed by atoms with van der Waals surface area (Å²) in [6.45, 7) is 5.20. The fourth-order valence-electron chi connectivity index (χ4n) is 2.32. The lowest BCUT2D eigenvalue weighted by atomic mass is 10.1. The molecule has 0 saturated heterocycles. The van der Waals surface area contributed by atoms with Crippen molar-refractivity contribution in [1.29, 1.82) is 0 Å². The van der Waals surface area contributed by atoms with Crippen LogP contribution in [0.1, 0.15) is 33.5 Å². The molecule has 0 radical (unpaired) electrons. The molecule has 0 spiro atoms. The van der Waals surface area contributed by atoms with E-state index < -0.39 is 0 Å². The number of nitrogens with one attached hydrogen (secondary N) is 1. The van der Waals surface area contributed by atoms with Crippen LogP contribution in [-0.4, -0.2) is 21.8 Å². The van der Waals surface area contributed by atoms with Crippen molar-refractivity contribution in [3.8, 4) is 0 Å². The molecule has 7 heteroatoms. The van der Waals surface area contributed by atoms with Crippen molar-refractivity contribution in [2.45, 2.75) is 27.2 Å². The zero-order valence-electron chi connectivity index (χ0n) is 13.0. The molecule has 3 aromatic rings. The molecular weight excluding hydrogens is 314 g/mol. The summed E-state index contributed by atoms with van der Waals surface area (Å²) in [5, 5.41) is 7.92. The molecule has 0 fully saturated rings. The third-order valence-corrected chi connectivity index (χ3v) is 4.56. The van der Waals surface area contributed by atoms with Gasteiger partial charge in [0.1, 0.15) is 5.69 Å². The number of aryl methyl sites for hydroxylation is 2. The fraction of sp³-hybridized carbons (Fsp3) is 0.250. The Morgan fingerprint density at radius 2 is 2.09 bits per heavy atom. The molecule has 1 aromatic carbocycles. The number of thiazole rings is 1.